The normalized spacial score (nSPS) is 10.6. The van der Waals surface area contributed by atoms with Crippen molar-refractivity contribution in [3.8, 4) is 39.4 Å². The van der Waals surface area contributed by atoms with Crippen LogP contribution in [0.2, 0.25) is 0 Å². The number of rotatable bonds is 3. The lowest BCUT2D eigenvalue weighted by Gasteiger charge is -2.11. The first kappa shape index (κ1) is 15.2. The van der Waals surface area contributed by atoms with Gasteiger partial charge in [-0.2, -0.15) is 0 Å². The highest BCUT2D eigenvalue weighted by Crippen LogP contribution is 2.33. The van der Waals surface area contributed by atoms with Gasteiger partial charge in [0.05, 0.1) is 11.4 Å². The highest BCUT2D eigenvalue weighted by atomic mass is 16.3. The van der Waals surface area contributed by atoms with E-state index in [0.717, 1.165) is 33.6 Å². The van der Waals surface area contributed by atoms with Crippen molar-refractivity contribution in [2.45, 2.75) is 0 Å². The van der Waals surface area contributed by atoms with Crippen molar-refractivity contribution < 1.29 is 5.11 Å². The van der Waals surface area contributed by atoms with Crippen LogP contribution in [-0.4, -0.2) is 10.1 Å². The number of nitrogens with zero attached hydrogens (tertiary/aromatic N) is 1. The van der Waals surface area contributed by atoms with Crippen molar-refractivity contribution in [2.24, 2.45) is 0 Å². The third kappa shape index (κ3) is 3.15. The first-order valence-electron chi connectivity index (χ1n) is 8.22. The number of hydrogen-bond donors (Lipinski definition) is 1. The van der Waals surface area contributed by atoms with E-state index >= 15 is 0 Å². The van der Waals surface area contributed by atoms with Gasteiger partial charge < -0.3 is 5.11 Å². The summed E-state index contributed by atoms with van der Waals surface area (Å²) < 4.78 is 0. The first-order chi connectivity index (χ1) is 12.3. The van der Waals surface area contributed by atoms with E-state index in [1.54, 1.807) is 6.07 Å². The van der Waals surface area contributed by atoms with Crippen molar-refractivity contribution in [3.05, 3.63) is 97.1 Å². The fraction of sp³-hybridized carbons (Fsp3) is 0. The van der Waals surface area contributed by atoms with Gasteiger partial charge in [-0.05, 0) is 35.4 Å². The Morgan fingerprint density at radius 1 is 0.520 bits per heavy atom. The van der Waals surface area contributed by atoms with Gasteiger partial charge in [0.25, 0.3) is 0 Å². The third-order valence-corrected chi connectivity index (χ3v) is 4.18. The number of aromatic nitrogens is 1. The molecule has 3 aromatic carbocycles. The van der Waals surface area contributed by atoms with Crippen LogP contribution in [-0.2, 0) is 0 Å². The molecule has 0 aliphatic carbocycles. The second kappa shape index (κ2) is 6.62. The van der Waals surface area contributed by atoms with E-state index in [0.29, 0.717) is 0 Å². The van der Waals surface area contributed by atoms with E-state index in [4.69, 9.17) is 4.98 Å². The maximum atomic E-state index is 10.2. The maximum Gasteiger partial charge on any atom is 0.124 e. The molecule has 1 N–H and O–H groups in total. The minimum atomic E-state index is 0.235. The first-order valence-corrected chi connectivity index (χ1v) is 8.22. The molecule has 2 nitrogen and oxygen atoms in total. The molecular formula is C23H17NO. The Morgan fingerprint density at radius 3 is 1.76 bits per heavy atom. The number of pyridine rings is 1. The van der Waals surface area contributed by atoms with Crippen LogP contribution in [0.4, 0.5) is 0 Å². The van der Waals surface area contributed by atoms with Crippen LogP contribution in [0.25, 0.3) is 33.6 Å². The molecule has 1 heterocycles. The van der Waals surface area contributed by atoms with Crippen molar-refractivity contribution in [3.63, 3.8) is 0 Å². The Morgan fingerprint density at radius 2 is 1.08 bits per heavy atom. The summed E-state index contributed by atoms with van der Waals surface area (Å²) >= 11 is 0. The van der Waals surface area contributed by atoms with Gasteiger partial charge in [-0.25, -0.2) is 4.98 Å². The average molecular weight is 323 g/mol. The Balaban J connectivity index is 1.94. The van der Waals surface area contributed by atoms with E-state index in [1.807, 2.05) is 72.8 Å². The average Bonchev–Trinajstić information content (AvgIpc) is 2.69. The van der Waals surface area contributed by atoms with E-state index in [1.165, 1.54) is 0 Å². The minimum absolute atomic E-state index is 0.235. The standard InChI is InChI=1S/C23H17NO/c25-23-14-8-7-13-20(23)22-16-19(17-9-3-1-4-10-17)15-21(24-22)18-11-5-2-6-12-18/h1-16,25H. The molecule has 25 heavy (non-hydrogen) atoms. The number of aromatic hydroxyl groups is 1. The van der Waals surface area contributed by atoms with Crippen LogP contribution in [0.5, 0.6) is 5.75 Å². The molecule has 0 spiro atoms. The van der Waals surface area contributed by atoms with Crippen LogP contribution >= 0.6 is 0 Å². The number of phenolic OH excluding ortho intramolecular Hbond substituents is 1. The predicted molar refractivity (Wildman–Crippen MR) is 102 cm³/mol. The molecule has 120 valence electrons. The van der Waals surface area contributed by atoms with Gasteiger partial charge >= 0.3 is 0 Å². The highest BCUT2D eigenvalue weighted by Gasteiger charge is 2.10. The second-order valence-electron chi connectivity index (χ2n) is 5.88. The van der Waals surface area contributed by atoms with Gasteiger partial charge in [-0.1, -0.05) is 72.8 Å². The summed E-state index contributed by atoms with van der Waals surface area (Å²) in [6.07, 6.45) is 0. The Bertz CT molecular complexity index is 937. The zero-order valence-corrected chi connectivity index (χ0v) is 13.6. The second-order valence-corrected chi connectivity index (χ2v) is 5.88. The molecule has 1 aromatic heterocycles. The molecule has 0 bridgehead atoms. The van der Waals surface area contributed by atoms with Crippen LogP contribution < -0.4 is 0 Å². The monoisotopic (exact) mass is 323 g/mol. The maximum absolute atomic E-state index is 10.2. The van der Waals surface area contributed by atoms with Gasteiger partial charge in [0, 0.05) is 11.1 Å². The van der Waals surface area contributed by atoms with Gasteiger partial charge in [0.2, 0.25) is 0 Å². The zero-order valence-electron chi connectivity index (χ0n) is 13.6. The number of phenols is 1. The lowest BCUT2D eigenvalue weighted by atomic mass is 10.00. The van der Waals surface area contributed by atoms with Gasteiger partial charge in [0.1, 0.15) is 5.75 Å². The molecule has 4 rings (SSSR count). The summed E-state index contributed by atoms with van der Waals surface area (Å²) in [5, 5.41) is 10.2. The smallest absolute Gasteiger partial charge is 0.124 e. The van der Waals surface area contributed by atoms with Crippen LogP contribution in [0.1, 0.15) is 0 Å². The van der Waals surface area contributed by atoms with E-state index in [9.17, 15) is 5.11 Å². The summed E-state index contributed by atoms with van der Waals surface area (Å²) in [6, 6.07) is 31.7. The highest BCUT2D eigenvalue weighted by molar-refractivity contribution is 5.78. The van der Waals surface area contributed by atoms with E-state index in [2.05, 4.69) is 18.2 Å². The molecule has 0 unspecified atom stereocenters. The largest absolute Gasteiger partial charge is 0.507 e. The van der Waals surface area contributed by atoms with Crippen molar-refractivity contribution >= 4 is 0 Å². The molecule has 0 atom stereocenters. The van der Waals surface area contributed by atoms with Crippen molar-refractivity contribution in [1.29, 1.82) is 0 Å². The quantitative estimate of drug-likeness (QED) is 0.518. The molecule has 0 aliphatic heterocycles. The Labute approximate surface area is 147 Å². The number of hydrogen-bond acceptors (Lipinski definition) is 2. The summed E-state index contributed by atoms with van der Waals surface area (Å²) in [7, 11) is 0. The summed E-state index contributed by atoms with van der Waals surface area (Å²) in [5.74, 6) is 0.235. The van der Waals surface area contributed by atoms with Crippen molar-refractivity contribution in [2.75, 3.05) is 0 Å². The summed E-state index contributed by atoms with van der Waals surface area (Å²) in [6.45, 7) is 0. The Hall–Kier alpha value is -3.39. The molecule has 2 heteroatoms. The van der Waals surface area contributed by atoms with Gasteiger partial charge in [0.15, 0.2) is 0 Å². The number of benzene rings is 3. The molecule has 0 amide bonds. The fourth-order valence-electron chi connectivity index (χ4n) is 2.91. The van der Waals surface area contributed by atoms with Crippen LogP contribution in [0, 0.1) is 0 Å². The fourth-order valence-corrected chi connectivity index (χ4v) is 2.91. The van der Waals surface area contributed by atoms with Crippen LogP contribution in [0.3, 0.4) is 0 Å². The summed E-state index contributed by atoms with van der Waals surface area (Å²) in [4.78, 5) is 4.80. The SMILES string of the molecule is Oc1ccccc1-c1cc(-c2ccccc2)cc(-c2ccccc2)n1. The van der Waals surface area contributed by atoms with E-state index < -0.39 is 0 Å². The molecule has 4 aromatic rings. The number of para-hydroxylation sites is 1. The third-order valence-electron chi connectivity index (χ3n) is 4.18. The Kier molecular flexibility index (Phi) is 4.01. The summed E-state index contributed by atoms with van der Waals surface area (Å²) in [5.41, 5.74) is 5.64. The van der Waals surface area contributed by atoms with Crippen LogP contribution in [0.15, 0.2) is 97.1 Å². The molecule has 0 saturated carbocycles. The lowest BCUT2D eigenvalue weighted by Crippen LogP contribution is -1.91. The lowest BCUT2D eigenvalue weighted by molar-refractivity contribution is 0.477. The van der Waals surface area contributed by atoms with Crippen molar-refractivity contribution in [1.82, 2.24) is 4.98 Å². The predicted octanol–water partition coefficient (Wildman–Crippen LogP) is 5.79. The molecular weight excluding hydrogens is 306 g/mol. The minimum Gasteiger partial charge on any atom is -0.507 e. The van der Waals surface area contributed by atoms with Gasteiger partial charge in [-0.15, -0.1) is 0 Å². The molecule has 0 saturated heterocycles. The molecule has 0 radical (unpaired) electrons. The van der Waals surface area contributed by atoms with E-state index in [-0.39, 0.29) is 5.75 Å². The topological polar surface area (TPSA) is 33.1 Å². The zero-order chi connectivity index (χ0) is 17.1. The molecule has 0 aliphatic rings. The van der Waals surface area contributed by atoms with Gasteiger partial charge in [-0.3, -0.25) is 0 Å². The molecule has 0 fully saturated rings.